The third-order valence-corrected chi connectivity index (χ3v) is 3.75. The van der Waals surface area contributed by atoms with Crippen LogP contribution in [0, 0.1) is 0 Å². The number of thiophene rings is 1. The Kier molecular flexibility index (Phi) is 3.70. The van der Waals surface area contributed by atoms with Gasteiger partial charge in [-0.05, 0) is 12.1 Å². The number of ether oxygens (including phenoxy) is 1. The fourth-order valence-corrected chi connectivity index (χ4v) is 2.49. The number of aromatic carboxylic acids is 1. The van der Waals surface area contributed by atoms with E-state index in [2.05, 4.69) is 5.10 Å². The average molecular weight is 300 g/mol. The predicted octanol–water partition coefficient (Wildman–Crippen LogP) is 3.21. The van der Waals surface area contributed by atoms with Gasteiger partial charge in [0.15, 0.2) is 0 Å². The fraction of sp³-hybridized carbons (Fsp3) is 0.0667. The second-order valence-corrected chi connectivity index (χ2v) is 5.28. The zero-order chi connectivity index (χ0) is 14.7. The molecule has 0 aliphatic rings. The summed E-state index contributed by atoms with van der Waals surface area (Å²) in [5.74, 6) is -0.378. The highest BCUT2D eigenvalue weighted by molar-refractivity contribution is 7.12. The number of carbonyl (C=O) groups is 1. The SMILES string of the molecule is O=C(O)c1cc(OCc2cnn(-c3ccccc3)c2)cs1. The fourth-order valence-electron chi connectivity index (χ4n) is 1.83. The van der Waals surface area contributed by atoms with Gasteiger partial charge >= 0.3 is 5.97 Å². The second-order valence-electron chi connectivity index (χ2n) is 4.37. The molecule has 3 rings (SSSR count). The van der Waals surface area contributed by atoms with Gasteiger partial charge in [-0.25, -0.2) is 9.48 Å². The molecular formula is C15H12N2O3S. The van der Waals surface area contributed by atoms with E-state index < -0.39 is 5.97 Å². The van der Waals surface area contributed by atoms with Crippen LogP contribution in [0.3, 0.4) is 0 Å². The van der Waals surface area contributed by atoms with E-state index in [4.69, 9.17) is 9.84 Å². The third-order valence-electron chi connectivity index (χ3n) is 2.85. The van der Waals surface area contributed by atoms with Crippen molar-refractivity contribution >= 4 is 17.3 Å². The summed E-state index contributed by atoms with van der Waals surface area (Å²) < 4.78 is 7.34. The minimum Gasteiger partial charge on any atom is -0.488 e. The van der Waals surface area contributed by atoms with Crippen molar-refractivity contribution < 1.29 is 14.6 Å². The van der Waals surface area contributed by atoms with Crippen molar-refractivity contribution in [3.63, 3.8) is 0 Å². The van der Waals surface area contributed by atoms with E-state index in [0.717, 1.165) is 22.6 Å². The first-order valence-corrected chi connectivity index (χ1v) is 7.14. The highest BCUT2D eigenvalue weighted by Crippen LogP contribution is 2.22. The molecule has 0 aliphatic carbocycles. The zero-order valence-electron chi connectivity index (χ0n) is 11.0. The summed E-state index contributed by atoms with van der Waals surface area (Å²) in [6, 6.07) is 11.3. The Morgan fingerprint density at radius 1 is 1.33 bits per heavy atom. The summed E-state index contributed by atoms with van der Waals surface area (Å²) >= 11 is 1.15. The Morgan fingerprint density at radius 2 is 2.14 bits per heavy atom. The summed E-state index contributed by atoms with van der Waals surface area (Å²) in [5, 5.41) is 14.8. The summed E-state index contributed by atoms with van der Waals surface area (Å²) in [6.07, 6.45) is 3.62. The van der Waals surface area contributed by atoms with Crippen molar-refractivity contribution in [1.82, 2.24) is 9.78 Å². The highest BCUT2D eigenvalue weighted by atomic mass is 32.1. The molecule has 0 aliphatic heterocycles. The molecule has 0 spiro atoms. The zero-order valence-corrected chi connectivity index (χ0v) is 11.8. The van der Waals surface area contributed by atoms with Crippen LogP contribution in [0.2, 0.25) is 0 Å². The summed E-state index contributed by atoms with van der Waals surface area (Å²) in [7, 11) is 0. The van der Waals surface area contributed by atoms with Crippen molar-refractivity contribution in [3.8, 4) is 11.4 Å². The molecule has 1 N–H and O–H groups in total. The lowest BCUT2D eigenvalue weighted by Gasteiger charge is -2.01. The Morgan fingerprint density at radius 3 is 2.86 bits per heavy atom. The molecule has 6 heteroatoms. The first kappa shape index (κ1) is 13.4. The predicted molar refractivity (Wildman–Crippen MR) is 79.2 cm³/mol. The molecule has 0 radical (unpaired) electrons. The van der Waals surface area contributed by atoms with Crippen LogP contribution in [0.15, 0.2) is 54.2 Å². The Balaban J connectivity index is 1.66. The molecule has 0 fully saturated rings. The molecule has 1 aromatic carbocycles. The number of aromatic nitrogens is 2. The van der Waals surface area contributed by atoms with Gasteiger partial charge in [0.05, 0.1) is 11.9 Å². The summed E-state index contributed by atoms with van der Waals surface area (Å²) in [5.41, 5.74) is 1.90. The van der Waals surface area contributed by atoms with Crippen LogP contribution in [0.25, 0.3) is 5.69 Å². The number of carboxylic acids is 1. The van der Waals surface area contributed by atoms with Gasteiger partial charge in [0, 0.05) is 23.2 Å². The summed E-state index contributed by atoms with van der Waals surface area (Å²) in [4.78, 5) is 11.1. The first-order chi connectivity index (χ1) is 10.2. The second kappa shape index (κ2) is 5.80. The molecule has 21 heavy (non-hydrogen) atoms. The number of carboxylic acid groups (broad SMARTS) is 1. The average Bonchev–Trinajstić information content (AvgIpc) is 3.15. The maximum absolute atomic E-state index is 10.8. The van der Waals surface area contributed by atoms with Crippen molar-refractivity contribution in [2.75, 3.05) is 0 Å². The van der Waals surface area contributed by atoms with Gasteiger partial charge in [0.1, 0.15) is 17.2 Å². The topological polar surface area (TPSA) is 64.3 Å². The van der Waals surface area contributed by atoms with Crippen molar-refractivity contribution in [2.24, 2.45) is 0 Å². The lowest BCUT2D eigenvalue weighted by molar-refractivity contribution is 0.0702. The van der Waals surface area contributed by atoms with E-state index in [1.54, 1.807) is 16.3 Å². The minimum absolute atomic E-state index is 0.269. The molecule has 2 aromatic heterocycles. The molecule has 3 aromatic rings. The van der Waals surface area contributed by atoms with Crippen molar-refractivity contribution in [2.45, 2.75) is 6.61 Å². The highest BCUT2D eigenvalue weighted by Gasteiger charge is 2.08. The molecule has 0 amide bonds. The van der Waals surface area contributed by atoms with E-state index >= 15 is 0 Å². The molecule has 0 saturated heterocycles. The molecule has 106 valence electrons. The number of hydrogen-bond acceptors (Lipinski definition) is 4. The van der Waals surface area contributed by atoms with Gasteiger partial charge < -0.3 is 9.84 Å². The van der Waals surface area contributed by atoms with Crippen LogP contribution in [0.1, 0.15) is 15.2 Å². The van der Waals surface area contributed by atoms with E-state index in [1.165, 1.54) is 6.07 Å². The number of rotatable bonds is 5. The smallest absolute Gasteiger partial charge is 0.346 e. The number of benzene rings is 1. The monoisotopic (exact) mass is 300 g/mol. The van der Waals surface area contributed by atoms with Crippen LogP contribution in [0.5, 0.6) is 5.75 Å². The number of hydrogen-bond donors (Lipinski definition) is 1. The van der Waals surface area contributed by atoms with Gasteiger partial charge in [0.25, 0.3) is 0 Å². The number of para-hydroxylation sites is 1. The Bertz CT molecular complexity index is 749. The van der Waals surface area contributed by atoms with E-state index in [1.807, 2.05) is 36.5 Å². The van der Waals surface area contributed by atoms with Crippen LogP contribution < -0.4 is 4.74 Å². The Labute approximate surface area is 125 Å². The van der Waals surface area contributed by atoms with Gasteiger partial charge in [-0.1, -0.05) is 18.2 Å². The molecule has 0 atom stereocenters. The van der Waals surface area contributed by atoms with Crippen molar-refractivity contribution in [3.05, 3.63) is 64.6 Å². The summed E-state index contributed by atoms with van der Waals surface area (Å²) in [6.45, 7) is 0.350. The van der Waals surface area contributed by atoms with E-state index in [9.17, 15) is 4.79 Å². The van der Waals surface area contributed by atoms with Crippen LogP contribution >= 0.6 is 11.3 Å². The van der Waals surface area contributed by atoms with Gasteiger partial charge in [-0.3, -0.25) is 0 Å². The van der Waals surface area contributed by atoms with Gasteiger partial charge in [-0.2, -0.15) is 5.10 Å². The normalized spacial score (nSPS) is 10.5. The van der Waals surface area contributed by atoms with Gasteiger partial charge in [-0.15, -0.1) is 11.3 Å². The van der Waals surface area contributed by atoms with Gasteiger partial charge in [0.2, 0.25) is 0 Å². The lowest BCUT2D eigenvalue weighted by atomic mass is 10.3. The molecule has 0 bridgehead atoms. The molecule has 5 nitrogen and oxygen atoms in total. The largest absolute Gasteiger partial charge is 0.488 e. The maximum atomic E-state index is 10.8. The molecular weight excluding hydrogens is 288 g/mol. The Hall–Kier alpha value is -2.60. The molecule has 2 heterocycles. The minimum atomic E-state index is -0.938. The standard InChI is InChI=1S/C15H12N2O3S/c18-15(19)14-6-13(10-21-14)20-9-11-7-16-17(8-11)12-4-2-1-3-5-12/h1-8,10H,9H2,(H,18,19). The van der Waals surface area contributed by atoms with Crippen LogP contribution in [0.4, 0.5) is 0 Å². The van der Waals surface area contributed by atoms with E-state index in [-0.39, 0.29) is 4.88 Å². The van der Waals surface area contributed by atoms with Crippen LogP contribution in [-0.2, 0) is 6.61 Å². The quantitative estimate of drug-likeness (QED) is 0.786. The molecule has 0 unspecified atom stereocenters. The maximum Gasteiger partial charge on any atom is 0.346 e. The van der Waals surface area contributed by atoms with Crippen molar-refractivity contribution in [1.29, 1.82) is 0 Å². The third kappa shape index (κ3) is 3.11. The first-order valence-electron chi connectivity index (χ1n) is 6.26. The lowest BCUT2D eigenvalue weighted by Crippen LogP contribution is -1.95. The number of nitrogens with zero attached hydrogens (tertiary/aromatic N) is 2. The van der Waals surface area contributed by atoms with E-state index in [0.29, 0.717) is 12.4 Å². The van der Waals surface area contributed by atoms with Crippen LogP contribution in [-0.4, -0.2) is 20.9 Å². The molecule has 0 saturated carbocycles.